The van der Waals surface area contributed by atoms with Crippen LogP contribution in [0.2, 0.25) is 0 Å². The molecule has 1 aromatic heterocycles. The first-order valence-corrected chi connectivity index (χ1v) is 7.96. The Bertz CT molecular complexity index is 1050. The fourth-order valence-electron chi connectivity index (χ4n) is 3.34. The standard InChI is InChI=1S/C19H18O6/c1-19(2)18(22)16(21)14-12(25-19)8-11(23-3)13-15(20)9-6-4-5-7-10(9)24-17(13)14/h4-8,16,18,21-22H,1-3H3/t16-,18-/m0/s1. The van der Waals surface area contributed by atoms with E-state index < -0.39 is 17.8 Å². The molecular formula is C19H18O6. The highest BCUT2D eigenvalue weighted by molar-refractivity contribution is 5.96. The third-order valence-corrected chi connectivity index (χ3v) is 4.72. The van der Waals surface area contributed by atoms with Crippen LogP contribution in [0.15, 0.2) is 39.5 Å². The summed E-state index contributed by atoms with van der Waals surface area (Å²) in [6.07, 6.45) is -2.43. The molecule has 4 rings (SSSR count). The molecule has 0 fully saturated rings. The van der Waals surface area contributed by atoms with Gasteiger partial charge < -0.3 is 24.1 Å². The maximum Gasteiger partial charge on any atom is 0.204 e. The molecule has 0 saturated carbocycles. The van der Waals surface area contributed by atoms with Crippen LogP contribution in [0.5, 0.6) is 11.5 Å². The number of fused-ring (bicyclic) bond motifs is 4. The Labute approximate surface area is 143 Å². The SMILES string of the molecule is COc1cc2c(c3oc4ccccc4c(=O)c13)[C@H](O)[C@H](O)C(C)(C)O2. The summed E-state index contributed by atoms with van der Waals surface area (Å²) in [4.78, 5) is 12.9. The molecule has 0 unspecified atom stereocenters. The van der Waals surface area contributed by atoms with Crippen molar-refractivity contribution >= 4 is 21.9 Å². The molecule has 6 heteroatoms. The molecule has 0 saturated heterocycles. The highest BCUT2D eigenvalue weighted by atomic mass is 16.5. The van der Waals surface area contributed by atoms with Crippen molar-refractivity contribution in [3.63, 3.8) is 0 Å². The van der Waals surface area contributed by atoms with E-state index in [1.54, 1.807) is 44.2 Å². The highest BCUT2D eigenvalue weighted by Gasteiger charge is 2.44. The van der Waals surface area contributed by atoms with E-state index in [1.807, 2.05) is 0 Å². The first-order chi connectivity index (χ1) is 11.8. The fourth-order valence-corrected chi connectivity index (χ4v) is 3.34. The van der Waals surface area contributed by atoms with E-state index in [0.29, 0.717) is 22.5 Å². The van der Waals surface area contributed by atoms with Gasteiger partial charge in [0.05, 0.1) is 18.1 Å². The van der Waals surface area contributed by atoms with Crippen molar-refractivity contribution in [1.29, 1.82) is 0 Å². The molecule has 2 aromatic carbocycles. The van der Waals surface area contributed by atoms with Crippen molar-refractivity contribution < 1.29 is 24.1 Å². The maximum absolute atomic E-state index is 12.9. The van der Waals surface area contributed by atoms with E-state index >= 15 is 0 Å². The van der Waals surface area contributed by atoms with Gasteiger partial charge in [0.15, 0.2) is 5.58 Å². The molecule has 0 aliphatic carbocycles. The van der Waals surface area contributed by atoms with Gasteiger partial charge in [0, 0.05) is 6.07 Å². The number of hydrogen-bond acceptors (Lipinski definition) is 6. The number of para-hydroxylation sites is 1. The van der Waals surface area contributed by atoms with E-state index in [1.165, 1.54) is 7.11 Å². The average molecular weight is 342 g/mol. The van der Waals surface area contributed by atoms with Crippen molar-refractivity contribution in [3.8, 4) is 11.5 Å². The highest BCUT2D eigenvalue weighted by Crippen LogP contribution is 2.46. The largest absolute Gasteiger partial charge is 0.496 e. The van der Waals surface area contributed by atoms with Crippen molar-refractivity contribution in [1.82, 2.24) is 0 Å². The summed E-state index contributed by atoms with van der Waals surface area (Å²) in [6, 6.07) is 8.41. The first-order valence-electron chi connectivity index (χ1n) is 7.96. The van der Waals surface area contributed by atoms with Gasteiger partial charge in [-0.3, -0.25) is 4.79 Å². The Balaban J connectivity index is 2.19. The molecule has 0 radical (unpaired) electrons. The lowest BCUT2D eigenvalue weighted by atomic mass is 9.87. The van der Waals surface area contributed by atoms with Gasteiger partial charge >= 0.3 is 0 Å². The summed E-state index contributed by atoms with van der Waals surface area (Å²) in [5.41, 5.74) is -0.446. The van der Waals surface area contributed by atoms with Crippen LogP contribution in [0, 0.1) is 0 Å². The van der Waals surface area contributed by atoms with Gasteiger partial charge in [-0.1, -0.05) is 12.1 Å². The molecule has 1 aliphatic heterocycles. The fraction of sp³-hybridized carbons (Fsp3) is 0.316. The molecule has 3 aromatic rings. The van der Waals surface area contributed by atoms with Crippen molar-refractivity contribution in [2.75, 3.05) is 7.11 Å². The second-order valence-electron chi connectivity index (χ2n) is 6.72. The van der Waals surface area contributed by atoms with E-state index in [0.717, 1.165) is 0 Å². The average Bonchev–Trinajstić information content (AvgIpc) is 2.58. The maximum atomic E-state index is 12.9. The van der Waals surface area contributed by atoms with E-state index in [9.17, 15) is 15.0 Å². The lowest BCUT2D eigenvalue weighted by Crippen LogP contribution is -2.48. The Morgan fingerprint density at radius 3 is 2.64 bits per heavy atom. The molecule has 2 atom stereocenters. The van der Waals surface area contributed by atoms with Crippen molar-refractivity contribution in [2.45, 2.75) is 31.7 Å². The van der Waals surface area contributed by atoms with Gasteiger partial charge in [0.25, 0.3) is 0 Å². The molecule has 130 valence electrons. The summed E-state index contributed by atoms with van der Waals surface area (Å²) >= 11 is 0. The number of hydrogen-bond donors (Lipinski definition) is 2. The van der Waals surface area contributed by atoms with Crippen LogP contribution in [0.4, 0.5) is 0 Å². The summed E-state index contributed by atoms with van der Waals surface area (Å²) in [5.74, 6) is 0.623. The minimum atomic E-state index is -1.25. The van der Waals surface area contributed by atoms with Crippen LogP contribution in [0.3, 0.4) is 0 Å². The molecule has 0 bridgehead atoms. The molecule has 6 nitrogen and oxygen atoms in total. The number of rotatable bonds is 1. The Morgan fingerprint density at radius 2 is 1.92 bits per heavy atom. The van der Waals surface area contributed by atoms with E-state index in [-0.39, 0.29) is 22.0 Å². The molecule has 25 heavy (non-hydrogen) atoms. The van der Waals surface area contributed by atoms with Crippen molar-refractivity contribution in [2.24, 2.45) is 0 Å². The van der Waals surface area contributed by atoms with Crippen LogP contribution in [-0.2, 0) is 0 Å². The minimum absolute atomic E-state index is 0.167. The number of ether oxygens (including phenoxy) is 2. The second kappa shape index (κ2) is 5.21. The number of aliphatic hydroxyl groups is 2. The summed E-state index contributed by atoms with van der Waals surface area (Å²) in [5, 5.41) is 21.7. The predicted molar refractivity (Wildman–Crippen MR) is 92.2 cm³/mol. The predicted octanol–water partition coefficient (Wildman–Crippen LogP) is 2.52. The molecule has 1 aliphatic rings. The third-order valence-electron chi connectivity index (χ3n) is 4.72. The zero-order valence-electron chi connectivity index (χ0n) is 14.1. The summed E-state index contributed by atoms with van der Waals surface area (Å²) in [6.45, 7) is 3.36. The minimum Gasteiger partial charge on any atom is -0.496 e. The molecule has 2 N–H and O–H groups in total. The van der Waals surface area contributed by atoms with Crippen molar-refractivity contribution in [3.05, 3.63) is 46.1 Å². The molecule has 0 amide bonds. The summed E-state index contributed by atoms with van der Waals surface area (Å²) in [7, 11) is 1.45. The van der Waals surface area contributed by atoms with E-state index in [2.05, 4.69) is 0 Å². The van der Waals surface area contributed by atoms with Gasteiger partial charge in [-0.05, 0) is 26.0 Å². The molecule has 0 spiro atoms. The monoisotopic (exact) mass is 342 g/mol. The zero-order valence-corrected chi connectivity index (χ0v) is 14.1. The zero-order chi connectivity index (χ0) is 17.9. The van der Waals surface area contributed by atoms with Crippen LogP contribution < -0.4 is 14.9 Å². The van der Waals surface area contributed by atoms with Crippen LogP contribution in [-0.4, -0.2) is 29.0 Å². The number of aliphatic hydroxyl groups excluding tert-OH is 2. The third kappa shape index (κ3) is 2.14. The number of methoxy groups -OCH3 is 1. The van der Waals surface area contributed by atoms with Crippen LogP contribution in [0.1, 0.15) is 25.5 Å². The number of benzene rings is 2. The second-order valence-corrected chi connectivity index (χ2v) is 6.72. The van der Waals surface area contributed by atoms with Crippen LogP contribution in [0.25, 0.3) is 21.9 Å². The normalized spacial score (nSPS) is 21.8. The molecular weight excluding hydrogens is 324 g/mol. The van der Waals surface area contributed by atoms with Gasteiger partial charge in [0.1, 0.15) is 40.3 Å². The van der Waals surface area contributed by atoms with Gasteiger partial charge in [-0.25, -0.2) is 0 Å². The summed E-state index contributed by atoms with van der Waals surface area (Å²) < 4.78 is 17.1. The lowest BCUT2D eigenvalue weighted by Gasteiger charge is -2.40. The van der Waals surface area contributed by atoms with Gasteiger partial charge in [0.2, 0.25) is 5.43 Å². The topological polar surface area (TPSA) is 89.1 Å². The Hall–Kier alpha value is -2.57. The van der Waals surface area contributed by atoms with Gasteiger partial charge in [-0.15, -0.1) is 0 Å². The lowest BCUT2D eigenvalue weighted by molar-refractivity contribution is -0.111. The quantitative estimate of drug-likeness (QED) is 0.661. The Morgan fingerprint density at radius 1 is 1.20 bits per heavy atom. The Kier molecular flexibility index (Phi) is 3.32. The first kappa shape index (κ1) is 15.9. The van der Waals surface area contributed by atoms with Gasteiger partial charge in [-0.2, -0.15) is 0 Å². The molecule has 2 heterocycles. The smallest absolute Gasteiger partial charge is 0.204 e. The van der Waals surface area contributed by atoms with Crippen LogP contribution >= 0.6 is 0 Å². The van der Waals surface area contributed by atoms with E-state index in [4.69, 9.17) is 13.9 Å².